The molecule has 2 aromatic carbocycles. The SMILES string of the molecule is COC(=O)c1cc(Oc2ccc(C=O)c(C(=O)OC)c2)ccc1C=O. The van der Waals surface area contributed by atoms with Gasteiger partial charge in [-0.15, -0.1) is 0 Å². The van der Waals surface area contributed by atoms with Crippen molar-refractivity contribution in [2.45, 2.75) is 0 Å². The van der Waals surface area contributed by atoms with Crippen molar-refractivity contribution >= 4 is 24.5 Å². The van der Waals surface area contributed by atoms with E-state index in [1.54, 1.807) is 0 Å². The zero-order chi connectivity index (χ0) is 18.4. The van der Waals surface area contributed by atoms with Gasteiger partial charge < -0.3 is 14.2 Å². The molecule has 0 unspecified atom stereocenters. The maximum atomic E-state index is 11.7. The van der Waals surface area contributed by atoms with Crippen LogP contribution in [0.3, 0.4) is 0 Å². The van der Waals surface area contributed by atoms with Crippen LogP contribution in [-0.4, -0.2) is 38.7 Å². The van der Waals surface area contributed by atoms with Gasteiger partial charge >= 0.3 is 11.9 Å². The van der Waals surface area contributed by atoms with Crippen molar-refractivity contribution in [1.82, 2.24) is 0 Å². The van der Waals surface area contributed by atoms with E-state index >= 15 is 0 Å². The lowest BCUT2D eigenvalue weighted by Gasteiger charge is -2.10. The predicted octanol–water partition coefficient (Wildman–Crippen LogP) is 2.68. The predicted molar refractivity (Wildman–Crippen MR) is 86.4 cm³/mol. The van der Waals surface area contributed by atoms with Gasteiger partial charge in [-0.05, 0) is 36.4 Å². The van der Waals surface area contributed by atoms with E-state index in [-0.39, 0.29) is 33.8 Å². The first kappa shape index (κ1) is 17.9. The van der Waals surface area contributed by atoms with Gasteiger partial charge in [0.25, 0.3) is 0 Å². The Morgan fingerprint density at radius 1 is 0.760 bits per heavy atom. The topological polar surface area (TPSA) is 96.0 Å². The van der Waals surface area contributed by atoms with Gasteiger partial charge in [0.2, 0.25) is 0 Å². The fourth-order valence-corrected chi connectivity index (χ4v) is 2.11. The molecule has 0 N–H and O–H groups in total. The van der Waals surface area contributed by atoms with Crippen LogP contribution in [0.25, 0.3) is 0 Å². The Morgan fingerprint density at radius 2 is 1.16 bits per heavy atom. The molecule has 7 nitrogen and oxygen atoms in total. The molecule has 128 valence electrons. The van der Waals surface area contributed by atoms with Crippen molar-refractivity contribution in [2.75, 3.05) is 14.2 Å². The molecule has 0 aromatic heterocycles. The first-order valence-electron chi connectivity index (χ1n) is 7.07. The monoisotopic (exact) mass is 342 g/mol. The minimum Gasteiger partial charge on any atom is -0.465 e. The van der Waals surface area contributed by atoms with Gasteiger partial charge in [0.1, 0.15) is 11.5 Å². The lowest BCUT2D eigenvalue weighted by Crippen LogP contribution is -2.06. The van der Waals surface area contributed by atoms with Crippen LogP contribution in [0.4, 0.5) is 0 Å². The van der Waals surface area contributed by atoms with Crippen LogP contribution in [0, 0.1) is 0 Å². The van der Waals surface area contributed by atoms with Crippen LogP contribution in [-0.2, 0) is 9.47 Å². The van der Waals surface area contributed by atoms with E-state index < -0.39 is 11.9 Å². The maximum absolute atomic E-state index is 11.7. The highest BCUT2D eigenvalue weighted by Gasteiger charge is 2.15. The zero-order valence-electron chi connectivity index (χ0n) is 13.5. The van der Waals surface area contributed by atoms with Crippen LogP contribution in [0.15, 0.2) is 36.4 Å². The van der Waals surface area contributed by atoms with Crippen molar-refractivity contribution < 1.29 is 33.4 Å². The van der Waals surface area contributed by atoms with E-state index in [0.717, 1.165) is 0 Å². The van der Waals surface area contributed by atoms with E-state index in [4.69, 9.17) is 4.74 Å². The Kier molecular flexibility index (Phi) is 5.62. The van der Waals surface area contributed by atoms with Gasteiger partial charge in [0.15, 0.2) is 12.6 Å². The standard InChI is InChI=1S/C18H14O7/c1-23-17(21)15-7-13(5-3-11(15)9-19)25-14-6-4-12(10-20)16(8-14)18(22)24-2/h3-10H,1-2H3. The highest BCUT2D eigenvalue weighted by Crippen LogP contribution is 2.26. The van der Waals surface area contributed by atoms with Crippen LogP contribution >= 0.6 is 0 Å². The molecule has 0 radical (unpaired) electrons. The third kappa shape index (κ3) is 3.89. The molecule has 0 aliphatic carbocycles. The number of carbonyl (C=O) groups excluding carboxylic acids is 4. The maximum Gasteiger partial charge on any atom is 0.338 e. The number of carbonyl (C=O) groups is 4. The lowest BCUT2D eigenvalue weighted by molar-refractivity contribution is 0.0590. The molecule has 0 amide bonds. The Labute approximate surface area is 143 Å². The number of ether oxygens (including phenoxy) is 3. The molecule has 0 aliphatic heterocycles. The van der Waals surface area contributed by atoms with Crippen molar-refractivity contribution in [3.8, 4) is 11.5 Å². The number of methoxy groups -OCH3 is 2. The Bertz CT molecular complexity index is 770. The van der Waals surface area contributed by atoms with Crippen molar-refractivity contribution in [1.29, 1.82) is 0 Å². The second-order valence-corrected chi connectivity index (χ2v) is 4.82. The third-order valence-corrected chi connectivity index (χ3v) is 3.35. The van der Waals surface area contributed by atoms with Crippen LogP contribution < -0.4 is 4.74 Å². The number of hydrogen-bond acceptors (Lipinski definition) is 7. The molecule has 2 rings (SSSR count). The van der Waals surface area contributed by atoms with E-state index in [9.17, 15) is 19.2 Å². The Balaban J connectivity index is 2.39. The smallest absolute Gasteiger partial charge is 0.338 e. The molecular formula is C18H14O7. The summed E-state index contributed by atoms with van der Waals surface area (Å²) in [5.74, 6) is -0.862. The number of benzene rings is 2. The molecule has 0 fully saturated rings. The molecule has 0 bridgehead atoms. The quantitative estimate of drug-likeness (QED) is 0.588. The number of esters is 2. The normalized spacial score (nSPS) is 9.84. The van der Waals surface area contributed by atoms with Crippen LogP contribution in [0.2, 0.25) is 0 Å². The van der Waals surface area contributed by atoms with E-state index in [2.05, 4.69) is 9.47 Å². The molecule has 0 saturated carbocycles. The first-order chi connectivity index (χ1) is 12.0. The molecule has 7 heteroatoms. The number of hydrogen-bond donors (Lipinski definition) is 0. The minimum absolute atomic E-state index is 0.0488. The van der Waals surface area contributed by atoms with Crippen molar-refractivity contribution in [3.05, 3.63) is 58.7 Å². The summed E-state index contributed by atoms with van der Waals surface area (Å²) in [5, 5.41) is 0. The fourth-order valence-electron chi connectivity index (χ4n) is 2.11. The van der Waals surface area contributed by atoms with E-state index in [0.29, 0.717) is 12.6 Å². The Morgan fingerprint density at radius 3 is 1.48 bits per heavy atom. The summed E-state index contributed by atoms with van der Waals surface area (Å²) in [6, 6.07) is 8.50. The van der Waals surface area contributed by atoms with E-state index in [1.165, 1.54) is 50.6 Å². The Hall–Kier alpha value is -3.48. The highest BCUT2D eigenvalue weighted by atomic mass is 16.5. The summed E-state index contributed by atoms with van der Waals surface area (Å²) in [7, 11) is 2.40. The lowest BCUT2D eigenvalue weighted by atomic mass is 10.1. The van der Waals surface area contributed by atoms with Gasteiger partial charge in [0, 0.05) is 11.1 Å². The van der Waals surface area contributed by atoms with E-state index in [1.807, 2.05) is 0 Å². The molecule has 0 heterocycles. The first-order valence-corrected chi connectivity index (χ1v) is 7.07. The molecular weight excluding hydrogens is 328 g/mol. The summed E-state index contributed by atoms with van der Waals surface area (Å²) >= 11 is 0. The second kappa shape index (κ2) is 7.87. The molecule has 0 aliphatic rings. The van der Waals surface area contributed by atoms with Gasteiger partial charge in [-0.3, -0.25) is 9.59 Å². The second-order valence-electron chi connectivity index (χ2n) is 4.82. The van der Waals surface area contributed by atoms with Gasteiger partial charge in [-0.25, -0.2) is 9.59 Å². The summed E-state index contributed by atoms with van der Waals surface area (Å²) in [4.78, 5) is 45.5. The van der Waals surface area contributed by atoms with Gasteiger partial charge in [-0.1, -0.05) is 0 Å². The van der Waals surface area contributed by atoms with Crippen molar-refractivity contribution in [2.24, 2.45) is 0 Å². The molecule has 2 aromatic rings. The average molecular weight is 342 g/mol. The number of rotatable bonds is 6. The molecule has 0 spiro atoms. The average Bonchev–Trinajstić information content (AvgIpc) is 2.66. The largest absolute Gasteiger partial charge is 0.465 e. The summed E-state index contributed by atoms with van der Waals surface area (Å²) in [6.45, 7) is 0. The summed E-state index contributed by atoms with van der Waals surface area (Å²) in [6.07, 6.45) is 1.06. The highest BCUT2D eigenvalue weighted by molar-refractivity contribution is 5.99. The molecule has 0 atom stereocenters. The van der Waals surface area contributed by atoms with Crippen molar-refractivity contribution in [3.63, 3.8) is 0 Å². The van der Waals surface area contributed by atoms with Gasteiger partial charge in [-0.2, -0.15) is 0 Å². The molecule has 25 heavy (non-hydrogen) atoms. The third-order valence-electron chi connectivity index (χ3n) is 3.35. The zero-order valence-corrected chi connectivity index (χ0v) is 13.5. The summed E-state index contributed by atoms with van der Waals surface area (Å²) in [5.41, 5.74) is 0.414. The summed E-state index contributed by atoms with van der Waals surface area (Å²) < 4.78 is 14.9. The van der Waals surface area contributed by atoms with Crippen LogP contribution in [0.5, 0.6) is 11.5 Å². The minimum atomic E-state index is -0.681. The molecule has 0 saturated heterocycles. The van der Waals surface area contributed by atoms with Gasteiger partial charge in [0.05, 0.1) is 25.3 Å². The van der Waals surface area contributed by atoms with Crippen LogP contribution in [0.1, 0.15) is 41.4 Å². The fraction of sp³-hybridized carbons (Fsp3) is 0.111. The number of aldehydes is 2.